The van der Waals surface area contributed by atoms with Crippen LogP contribution >= 0.6 is 67.8 Å². The summed E-state index contributed by atoms with van der Waals surface area (Å²) in [6, 6.07) is 3.76. The zero-order valence-electron chi connectivity index (χ0n) is 14.5. The summed E-state index contributed by atoms with van der Waals surface area (Å²) in [6.45, 7) is -0.407. The van der Waals surface area contributed by atoms with Crippen LogP contribution in [0.25, 0.3) is 0 Å². The van der Waals surface area contributed by atoms with Gasteiger partial charge in [-0.15, -0.1) is 0 Å². The van der Waals surface area contributed by atoms with E-state index in [0.717, 1.165) is 30.0 Å². The van der Waals surface area contributed by atoms with E-state index in [9.17, 15) is 26.7 Å². The average molecular weight is 759 g/mol. The van der Waals surface area contributed by atoms with Crippen LogP contribution < -0.4 is 4.72 Å². The summed E-state index contributed by atoms with van der Waals surface area (Å²) < 4.78 is 70.3. The van der Waals surface area contributed by atoms with Gasteiger partial charge >= 0.3 is 15.5 Å². The highest BCUT2D eigenvalue weighted by Gasteiger charge is 2.46. The minimum Gasteiger partial charge on any atom is -0.364 e. The van der Waals surface area contributed by atoms with E-state index in [4.69, 9.17) is 4.74 Å². The second kappa shape index (κ2) is 10.1. The predicted octanol–water partition coefficient (Wildman–Crippen LogP) is 5.04. The highest BCUT2D eigenvalue weighted by Crippen LogP contribution is 2.39. The molecule has 0 spiro atoms. The van der Waals surface area contributed by atoms with Gasteiger partial charge in [-0.2, -0.15) is 13.2 Å². The first-order valence-electron chi connectivity index (χ1n) is 8.43. The van der Waals surface area contributed by atoms with Gasteiger partial charge in [0.05, 0.1) is 5.60 Å². The van der Waals surface area contributed by atoms with Crippen molar-refractivity contribution < 1.29 is 31.4 Å². The lowest BCUT2D eigenvalue weighted by molar-refractivity contribution is -0.203. The smallest absolute Gasteiger partial charge is 0.364 e. The molecule has 1 aromatic rings. The van der Waals surface area contributed by atoms with Gasteiger partial charge in [0.25, 0.3) is 0 Å². The molecule has 1 aromatic carbocycles. The minimum atomic E-state index is -5.40. The Morgan fingerprint density at radius 1 is 1.18 bits per heavy atom. The van der Waals surface area contributed by atoms with Crippen molar-refractivity contribution in [1.29, 1.82) is 0 Å². The van der Waals surface area contributed by atoms with Crippen LogP contribution in [0.5, 0.6) is 0 Å². The zero-order valence-corrected chi connectivity index (χ0v) is 21.8. The standard InChI is InChI=1S/C16H19F3I3NO4S/c17-16(18,19)28(25,26)23-7-6-15(4-2-1-3-5-15)27-14(24)11-8-10(20)9-12(21)13(11)22/h8-9,14,23-24H,1-7H2. The highest BCUT2D eigenvalue weighted by atomic mass is 127. The van der Waals surface area contributed by atoms with Crippen LogP contribution in [-0.2, 0) is 14.8 Å². The molecule has 0 bridgehead atoms. The molecule has 2 N–H and O–H groups in total. The maximum absolute atomic E-state index is 12.5. The first-order chi connectivity index (χ1) is 12.9. The SMILES string of the molecule is O=S(=O)(NCCC1(OC(O)c2cc(I)cc(I)c2I)CCCCC1)C(F)(F)F. The molecule has 1 aliphatic rings. The Hall–Kier alpha value is 1.03. The Morgan fingerprint density at radius 2 is 1.79 bits per heavy atom. The molecule has 0 saturated heterocycles. The van der Waals surface area contributed by atoms with Crippen LogP contribution in [0.1, 0.15) is 50.4 Å². The first-order valence-corrected chi connectivity index (χ1v) is 13.2. The van der Waals surface area contributed by atoms with Crippen LogP contribution in [0, 0.1) is 10.7 Å². The molecule has 1 fully saturated rings. The molecule has 1 aliphatic carbocycles. The number of aliphatic hydroxyl groups is 1. The van der Waals surface area contributed by atoms with Crippen molar-refractivity contribution in [3.63, 3.8) is 0 Å². The molecule has 1 atom stereocenters. The van der Waals surface area contributed by atoms with Gasteiger partial charge in [-0.25, -0.2) is 13.1 Å². The Kier molecular flexibility index (Phi) is 9.12. The molecule has 0 radical (unpaired) electrons. The topological polar surface area (TPSA) is 75.6 Å². The lowest BCUT2D eigenvalue weighted by atomic mass is 9.82. The van der Waals surface area contributed by atoms with Gasteiger partial charge in [0.2, 0.25) is 0 Å². The van der Waals surface area contributed by atoms with Gasteiger partial charge in [0, 0.05) is 22.8 Å². The molecule has 1 unspecified atom stereocenters. The molecular formula is C16H19F3I3NO4S. The predicted molar refractivity (Wildman–Crippen MR) is 124 cm³/mol. The molecule has 1 saturated carbocycles. The van der Waals surface area contributed by atoms with Crippen LogP contribution in [0.2, 0.25) is 0 Å². The summed E-state index contributed by atoms with van der Waals surface area (Å²) in [6.07, 6.45) is 2.49. The van der Waals surface area contributed by atoms with E-state index >= 15 is 0 Å². The lowest BCUT2D eigenvalue weighted by Gasteiger charge is -2.39. The third-order valence-corrected chi connectivity index (χ3v) is 9.49. The molecule has 0 aromatic heterocycles. The van der Waals surface area contributed by atoms with Crippen molar-refractivity contribution in [3.05, 3.63) is 28.4 Å². The van der Waals surface area contributed by atoms with Gasteiger partial charge in [-0.3, -0.25) is 0 Å². The third-order valence-electron chi connectivity index (χ3n) is 4.59. The van der Waals surface area contributed by atoms with Crippen molar-refractivity contribution in [1.82, 2.24) is 4.72 Å². The van der Waals surface area contributed by atoms with Crippen molar-refractivity contribution in [2.75, 3.05) is 6.54 Å². The van der Waals surface area contributed by atoms with Gasteiger partial charge < -0.3 is 9.84 Å². The Labute approximate surface area is 203 Å². The summed E-state index contributed by atoms with van der Waals surface area (Å²) >= 11 is 6.41. The first kappa shape index (κ1) is 25.3. The van der Waals surface area contributed by atoms with Crippen molar-refractivity contribution in [3.8, 4) is 0 Å². The fourth-order valence-electron chi connectivity index (χ4n) is 3.17. The largest absolute Gasteiger partial charge is 0.511 e. The number of nitrogens with one attached hydrogen (secondary N) is 1. The molecule has 160 valence electrons. The summed E-state index contributed by atoms with van der Waals surface area (Å²) in [7, 11) is -5.40. The molecule has 0 amide bonds. The Bertz CT molecular complexity index is 799. The van der Waals surface area contributed by atoms with Crippen molar-refractivity contribution in [2.24, 2.45) is 0 Å². The number of hydrogen-bond acceptors (Lipinski definition) is 4. The number of ether oxygens (including phenoxy) is 1. The molecule has 28 heavy (non-hydrogen) atoms. The molecule has 5 nitrogen and oxygen atoms in total. The Morgan fingerprint density at radius 3 is 2.36 bits per heavy atom. The molecule has 2 rings (SSSR count). The molecule has 0 heterocycles. The van der Waals surface area contributed by atoms with E-state index in [2.05, 4.69) is 67.8 Å². The van der Waals surface area contributed by atoms with E-state index in [1.807, 2.05) is 6.07 Å². The number of halogens is 6. The van der Waals surface area contributed by atoms with Crippen LogP contribution in [-0.4, -0.2) is 31.2 Å². The fraction of sp³-hybridized carbons (Fsp3) is 0.625. The van der Waals surface area contributed by atoms with E-state index in [1.54, 1.807) is 10.8 Å². The maximum atomic E-state index is 12.5. The Balaban J connectivity index is 2.15. The quantitative estimate of drug-likeness (QED) is 0.233. The van der Waals surface area contributed by atoms with Gasteiger partial charge in [-0.1, -0.05) is 19.3 Å². The van der Waals surface area contributed by atoms with E-state index in [1.165, 1.54) is 0 Å². The van der Waals surface area contributed by atoms with Crippen molar-refractivity contribution >= 4 is 77.8 Å². The summed E-state index contributed by atoms with van der Waals surface area (Å²) in [5.41, 5.74) is -5.62. The summed E-state index contributed by atoms with van der Waals surface area (Å²) in [5, 5.41) is 10.7. The van der Waals surface area contributed by atoms with Gasteiger partial charge in [-0.05, 0) is 99.2 Å². The van der Waals surface area contributed by atoms with E-state index in [0.29, 0.717) is 18.4 Å². The molecule has 12 heteroatoms. The zero-order chi connectivity index (χ0) is 21.2. The lowest BCUT2D eigenvalue weighted by Crippen LogP contribution is -2.43. The number of hydrogen-bond donors (Lipinski definition) is 2. The monoisotopic (exact) mass is 759 g/mol. The van der Waals surface area contributed by atoms with E-state index in [-0.39, 0.29) is 6.42 Å². The summed E-state index contributed by atoms with van der Waals surface area (Å²) in [4.78, 5) is 0. The van der Waals surface area contributed by atoms with Crippen LogP contribution in [0.15, 0.2) is 12.1 Å². The number of benzene rings is 1. The number of sulfonamides is 1. The second-order valence-electron chi connectivity index (χ2n) is 6.60. The third kappa shape index (κ3) is 6.51. The normalized spacial score (nSPS) is 18.8. The van der Waals surface area contributed by atoms with E-state index < -0.39 is 34.0 Å². The maximum Gasteiger partial charge on any atom is 0.511 e. The number of aliphatic hydroxyl groups excluding tert-OH is 1. The van der Waals surface area contributed by atoms with Gasteiger partial charge in [0.15, 0.2) is 6.29 Å². The van der Waals surface area contributed by atoms with Crippen molar-refractivity contribution in [2.45, 2.75) is 55.9 Å². The van der Waals surface area contributed by atoms with Gasteiger partial charge in [0.1, 0.15) is 0 Å². The fourth-order valence-corrected chi connectivity index (χ4v) is 6.18. The van der Waals surface area contributed by atoms with Crippen LogP contribution in [0.4, 0.5) is 13.2 Å². The number of alkyl halides is 3. The minimum absolute atomic E-state index is 0.0525. The highest BCUT2D eigenvalue weighted by molar-refractivity contribution is 14.1. The molecule has 0 aliphatic heterocycles. The molecular weight excluding hydrogens is 740 g/mol. The number of rotatable bonds is 7. The summed E-state index contributed by atoms with van der Waals surface area (Å²) in [5.74, 6) is 0. The average Bonchev–Trinajstić information content (AvgIpc) is 2.57. The second-order valence-corrected chi connectivity index (χ2v) is 11.8. The van der Waals surface area contributed by atoms with Crippen LogP contribution in [0.3, 0.4) is 0 Å².